The first-order valence-corrected chi connectivity index (χ1v) is 6.80. The molecule has 98 valence electrons. The Morgan fingerprint density at radius 2 is 2.29 bits per heavy atom. The topological polar surface area (TPSA) is 41.6 Å². The highest BCUT2D eigenvalue weighted by atomic mass is 16.5. The molecule has 0 spiro atoms. The lowest BCUT2D eigenvalue weighted by Gasteiger charge is -2.39. The third-order valence-corrected chi connectivity index (χ3v) is 4.22. The maximum Gasteiger partial charge on any atom is 0.228 e. The number of nitrogens with one attached hydrogen (secondary N) is 1. The summed E-state index contributed by atoms with van der Waals surface area (Å²) in [5, 5.41) is 3.37. The summed E-state index contributed by atoms with van der Waals surface area (Å²) in [4.78, 5) is 14.3. The number of ether oxygens (including phenoxy) is 1. The standard InChI is InChI=1S/C13H24N2O2/c1-3-10-8-15(6-4-12(10)14-2)13(16)11-5-7-17-9-11/h10-12,14H,3-9H2,1-2H3. The maximum atomic E-state index is 12.3. The van der Waals surface area contributed by atoms with E-state index in [9.17, 15) is 4.79 Å². The minimum Gasteiger partial charge on any atom is -0.381 e. The zero-order chi connectivity index (χ0) is 12.3. The van der Waals surface area contributed by atoms with Crippen molar-refractivity contribution in [3.63, 3.8) is 0 Å². The van der Waals surface area contributed by atoms with Crippen molar-refractivity contribution in [1.29, 1.82) is 0 Å². The van der Waals surface area contributed by atoms with Gasteiger partial charge in [0, 0.05) is 25.7 Å². The third-order valence-electron chi connectivity index (χ3n) is 4.22. The number of carbonyl (C=O) groups excluding carboxylic acids is 1. The van der Waals surface area contributed by atoms with Gasteiger partial charge in [-0.1, -0.05) is 13.3 Å². The van der Waals surface area contributed by atoms with Crippen LogP contribution in [0, 0.1) is 11.8 Å². The largest absolute Gasteiger partial charge is 0.381 e. The average molecular weight is 240 g/mol. The molecule has 0 aromatic carbocycles. The van der Waals surface area contributed by atoms with Crippen molar-refractivity contribution in [3.05, 3.63) is 0 Å². The summed E-state index contributed by atoms with van der Waals surface area (Å²) in [5.41, 5.74) is 0. The number of likely N-dealkylation sites (tertiary alicyclic amines) is 1. The molecule has 3 atom stereocenters. The number of hydrogen-bond donors (Lipinski definition) is 1. The van der Waals surface area contributed by atoms with Crippen LogP contribution < -0.4 is 5.32 Å². The molecule has 0 saturated carbocycles. The second-order valence-corrected chi connectivity index (χ2v) is 5.20. The molecule has 0 aliphatic carbocycles. The lowest BCUT2D eigenvalue weighted by atomic mass is 9.89. The van der Waals surface area contributed by atoms with Crippen molar-refractivity contribution in [2.45, 2.75) is 32.2 Å². The summed E-state index contributed by atoms with van der Waals surface area (Å²) in [5.74, 6) is 1.04. The number of carbonyl (C=O) groups is 1. The second kappa shape index (κ2) is 5.83. The lowest BCUT2D eigenvalue weighted by Crippen LogP contribution is -2.51. The van der Waals surface area contributed by atoms with Crippen LogP contribution in [0.5, 0.6) is 0 Å². The summed E-state index contributed by atoms with van der Waals surface area (Å²) in [6.45, 7) is 5.40. The molecule has 0 radical (unpaired) electrons. The fraction of sp³-hybridized carbons (Fsp3) is 0.923. The van der Waals surface area contributed by atoms with Gasteiger partial charge in [0.15, 0.2) is 0 Å². The van der Waals surface area contributed by atoms with Crippen LogP contribution in [0.4, 0.5) is 0 Å². The van der Waals surface area contributed by atoms with Gasteiger partial charge >= 0.3 is 0 Å². The molecule has 2 saturated heterocycles. The number of piperidine rings is 1. The van der Waals surface area contributed by atoms with E-state index >= 15 is 0 Å². The zero-order valence-electron chi connectivity index (χ0n) is 10.9. The monoisotopic (exact) mass is 240 g/mol. The number of hydrogen-bond acceptors (Lipinski definition) is 3. The minimum atomic E-state index is 0.124. The van der Waals surface area contributed by atoms with Gasteiger partial charge in [-0.05, 0) is 25.8 Å². The van der Waals surface area contributed by atoms with Gasteiger partial charge in [-0.15, -0.1) is 0 Å². The van der Waals surface area contributed by atoms with Crippen molar-refractivity contribution in [1.82, 2.24) is 10.2 Å². The van der Waals surface area contributed by atoms with E-state index in [2.05, 4.69) is 17.1 Å². The van der Waals surface area contributed by atoms with Crippen LogP contribution in [0.2, 0.25) is 0 Å². The Kier molecular flexibility index (Phi) is 4.40. The van der Waals surface area contributed by atoms with E-state index in [0.29, 0.717) is 24.5 Å². The first kappa shape index (κ1) is 12.8. The fourth-order valence-electron chi connectivity index (χ4n) is 3.01. The predicted octanol–water partition coefficient (Wildman–Crippen LogP) is 0.869. The molecule has 2 fully saturated rings. The first-order valence-electron chi connectivity index (χ1n) is 6.80. The molecular weight excluding hydrogens is 216 g/mol. The molecule has 17 heavy (non-hydrogen) atoms. The Labute approximate surface area is 104 Å². The highest BCUT2D eigenvalue weighted by Crippen LogP contribution is 2.23. The molecule has 2 aliphatic rings. The van der Waals surface area contributed by atoms with Crippen LogP contribution in [0.1, 0.15) is 26.2 Å². The normalized spacial score (nSPS) is 34.0. The van der Waals surface area contributed by atoms with Crippen LogP contribution in [0.25, 0.3) is 0 Å². The summed E-state index contributed by atoms with van der Waals surface area (Å²) in [6.07, 6.45) is 3.12. The van der Waals surface area contributed by atoms with Gasteiger partial charge < -0.3 is 15.0 Å². The SMILES string of the molecule is CCC1CN(C(=O)C2CCOC2)CCC1NC. The van der Waals surface area contributed by atoms with Crippen LogP contribution in [0.15, 0.2) is 0 Å². The van der Waals surface area contributed by atoms with Gasteiger partial charge in [0.05, 0.1) is 12.5 Å². The summed E-state index contributed by atoms with van der Waals surface area (Å²) < 4.78 is 5.30. The summed E-state index contributed by atoms with van der Waals surface area (Å²) >= 11 is 0. The molecule has 2 heterocycles. The molecule has 3 unspecified atom stereocenters. The minimum absolute atomic E-state index is 0.124. The van der Waals surface area contributed by atoms with E-state index in [1.54, 1.807) is 0 Å². The highest BCUT2D eigenvalue weighted by molar-refractivity contribution is 5.79. The summed E-state index contributed by atoms with van der Waals surface area (Å²) in [6, 6.07) is 0.573. The van der Waals surface area contributed by atoms with Crippen LogP contribution in [-0.4, -0.2) is 50.2 Å². The number of amides is 1. The molecule has 4 heteroatoms. The van der Waals surface area contributed by atoms with Gasteiger partial charge in [-0.2, -0.15) is 0 Å². The van der Waals surface area contributed by atoms with E-state index in [0.717, 1.165) is 39.0 Å². The average Bonchev–Trinajstić information content (AvgIpc) is 2.90. The maximum absolute atomic E-state index is 12.3. The van der Waals surface area contributed by atoms with Gasteiger partial charge in [-0.25, -0.2) is 0 Å². The molecule has 0 aromatic heterocycles. The fourth-order valence-corrected chi connectivity index (χ4v) is 3.01. The molecule has 0 aromatic rings. The van der Waals surface area contributed by atoms with Gasteiger partial charge in [0.25, 0.3) is 0 Å². The van der Waals surface area contributed by atoms with Crippen molar-refractivity contribution >= 4 is 5.91 Å². The molecule has 1 N–H and O–H groups in total. The van der Waals surface area contributed by atoms with Crippen LogP contribution >= 0.6 is 0 Å². The molecular formula is C13H24N2O2. The van der Waals surface area contributed by atoms with Crippen LogP contribution in [0.3, 0.4) is 0 Å². The van der Waals surface area contributed by atoms with Crippen molar-refractivity contribution < 1.29 is 9.53 Å². The Hall–Kier alpha value is -0.610. The molecule has 4 nitrogen and oxygen atoms in total. The van der Waals surface area contributed by atoms with Crippen molar-refractivity contribution in [3.8, 4) is 0 Å². The molecule has 2 rings (SSSR count). The van der Waals surface area contributed by atoms with Gasteiger partial charge in [-0.3, -0.25) is 4.79 Å². The first-order chi connectivity index (χ1) is 8.26. The van der Waals surface area contributed by atoms with Crippen molar-refractivity contribution in [2.75, 3.05) is 33.4 Å². The lowest BCUT2D eigenvalue weighted by molar-refractivity contribution is -0.137. The van der Waals surface area contributed by atoms with E-state index in [-0.39, 0.29) is 5.92 Å². The van der Waals surface area contributed by atoms with E-state index in [4.69, 9.17) is 4.74 Å². The molecule has 1 amide bonds. The predicted molar refractivity (Wildman–Crippen MR) is 66.8 cm³/mol. The Morgan fingerprint density at radius 3 is 2.88 bits per heavy atom. The Morgan fingerprint density at radius 1 is 1.47 bits per heavy atom. The second-order valence-electron chi connectivity index (χ2n) is 5.20. The van der Waals surface area contributed by atoms with E-state index in [1.807, 2.05) is 7.05 Å². The van der Waals surface area contributed by atoms with Crippen molar-refractivity contribution in [2.24, 2.45) is 11.8 Å². The Balaban J connectivity index is 1.91. The molecule has 0 bridgehead atoms. The van der Waals surface area contributed by atoms with Crippen LogP contribution in [-0.2, 0) is 9.53 Å². The smallest absolute Gasteiger partial charge is 0.228 e. The van der Waals surface area contributed by atoms with E-state index in [1.165, 1.54) is 0 Å². The highest BCUT2D eigenvalue weighted by Gasteiger charge is 2.33. The molecule has 2 aliphatic heterocycles. The van der Waals surface area contributed by atoms with Gasteiger partial charge in [0.1, 0.15) is 0 Å². The number of rotatable bonds is 3. The zero-order valence-corrected chi connectivity index (χ0v) is 10.9. The summed E-state index contributed by atoms with van der Waals surface area (Å²) in [7, 11) is 2.02. The Bertz CT molecular complexity index is 264. The van der Waals surface area contributed by atoms with E-state index < -0.39 is 0 Å². The third kappa shape index (κ3) is 2.80. The van der Waals surface area contributed by atoms with Gasteiger partial charge in [0.2, 0.25) is 5.91 Å². The number of nitrogens with zero attached hydrogens (tertiary/aromatic N) is 1. The quantitative estimate of drug-likeness (QED) is 0.796.